The quantitative estimate of drug-likeness (QED) is 0.843. The number of rotatable bonds is 5. The molecule has 6 nitrogen and oxygen atoms in total. The van der Waals surface area contributed by atoms with Crippen LogP contribution in [0, 0.1) is 6.92 Å². The molecule has 3 N–H and O–H groups in total. The van der Waals surface area contributed by atoms with Crippen LogP contribution in [0.1, 0.15) is 39.4 Å². The molecule has 0 aliphatic carbocycles. The van der Waals surface area contributed by atoms with Gasteiger partial charge in [-0.1, -0.05) is 0 Å². The summed E-state index contributed by atoms with van der Waals surface area (Å²) in [5.41, 5.74) is 7.49. The van der Waals surface area contributed by atoms with Gasteiger partial charge in [0, 0.05) is 19.1 Å². The van der Waals surface area contributed by atoms with Crippen molar-refractivity contribution < 1.29 is 4.79 Å². The minimum Gasteiger partial charge on any atom is -0.394 e. The number of carbonyl (C=O) groups excluding carboxylic acids is 1. The van der Waals surface area contributed by atoms with E-state index in [1.54, 1.807) is 0 Å². The first-order chi connectivity index (χ1) is 8.73. The van der Waals surface area contributed by atoms with E-state index in [2.05, 4.69) is 10.4 Å². The third kappa shape index (κ3) is 3.62. The van der Waals surface area contributed by atoms with Gasteiger partial charge in [-0.2, -0.15) is 5.10 Å². The Morgan fingerprint density at radius 3 is 2.47 bits per heavy atom. The SMILES string of the molecule is Cc1nn(C(C)C)c(N(C)CC(=O)NC(C)C)c1N. The van der Waals surface area contributed by atoms with Gasteiger partial charge in [-0.25, -0.2) is 4.68 Å². The van der Waals surface area contributed by atoms with Crippen LogP contribution < -0.4 is 16.0 Å². The Morgan fingerprint density at radius 1 is 1.42 bits per heavy atom. The fraction of sp³-hybridized carbons (Fsp3) is 0.692. The second-order valence-electron chi connectivity index (χ2n) is 5.44. The Kier molecular flexibility index (Phi) is 4.80. The van der Waals surface area contributed by atoms with Gasteiger partial charge in [0.15, 0.2) is 5.82 Å². The molecule has 0 spiro atoms. The largest absolute Gasteiger partial charge is 0.394 e. The molecule has 6 heteroatoms. The predicted molar refractivity (Wildman–Crippen MR) is 78.3 cm³/mol. The van der Waals surface area contributed by atoms with Gasteiger partial charge in [-0.15, -0.1) is 0 Å². The number of nitrogens with one attached hydrogen (secondary N) is 1. The highest BCUT2D eigenvalue weighted by Gasteiger charge is 2.20. The molecule has 0 bridgehead atoms. The molecule has 0 aliphatic heterocycles. The topological polar surface area (TPSA) is 76.2 Å². The molecule has 1 heterocycles. The summed E-state index contributed by atoms with van der Waals surface area (Å²) in [6.07, 6.45) is 0. The van der Waals surface area contributed by atoms with Crippen LogP contribution in [-0.4, -0.2) is 35.3 Å². The number of amides is 1. The molecule has 108 valence electrons. The van der Waals surface area contributed by atoms with Crippen LogP contribution in [0.4, 0.5) is 11.5 Å². The molecular formula is C13H25N5O. The lowest BCUT2D eigenvalue weighted by molar-refractivity contribution is -0.120. The number of nitrogens with zero attached hydrogens (tertiary/aromatic N) is 3. The molecule has 0 aliphatic rings. The zero-order valence-electron chi connectivity index (χ0n) is 12.7. The average molecular weight is 267 g/mol. The molecular weight excluding hydrogens is 242 g/mol. The van der Waals surface area contributed by atoms with Crippen molar-refractivity contribution in [1.82, 2.24) is 15.1 Å². The van der Waals surface area contributed by atoms with Crippen LogP contribution in [0.3, 0.4) is 0 Å². The summed E-state index contributed by atoms with van der Waals surface area (Å²) in [4.78, 5) is 13.7. The van der Waals surface area contributed by atoms with Crippen molar-refractivity contribution in [1.29, 1.82) is 0 Å². The summed E-state index contributed by atoms with van der Waals surface area (Å²) >= 11 is 0. The van der Waals surface area contributed by atoms with Crippen LogP contribution in [0.25, 0.3) is 0 Å². The number of anilines is 2. The second kappa shape index (κ2) is 5.95. The maximum Gasteiger partial charge on any atom is 0.239 e. The van der Waals surface area contributed by atoms with Gasteiger partial charge in [-0.05, 0) is 34.6 Å². The number of likely N-dealkylation sites (N-methyl/N-ethyl adjacent to an activating group) is 1. The Labute approximate surface area is 114 Å². The van der Waals surface area contributed by atoms with E-state index >= 15 is 0 Å². The zero-order valence-corrected chi connectivity index (χ0v) is 12.7. The maximum absolute atomic E-state index is 11.8. The van der Waals surface area contributed by atoms with Gasteiger partial charge >= 0.3 is 0 Å². The Bertz CT molecular complexity index is 450. The highest BCUT2D eigenvalue weighted by molar-refractivity contribution is 5.82. The Balaban J connectivity index is 2.93. The first-order valence-corrected chi connectivity index (χ1v) is 6.59. The van der Waals surface area contributed by atoms with E-state index in [1.165, 1.54) is 0 Å². The van der Waals surface area contributed by atoms with Gasteiger partial charge in [-0.3, -0.25) is 4.79 Å². The lowest BCUT2D eigenvalue weighted by Crippen LogP contribution is -2.39. The van der Waals surface area contributed by atoms with Crippen molar-refractivity contribution in [3.63, 3.8) is 0 Å². The van der Waals surface area contributed by atoms with Crippen LogP contribution in [-0.2, 0) is 4.79 Å². The monoisotopic (exact) mass is 267 g/mol. The number of hydrogen-bond donors (Lipinski definition) is 2. The molecule has 0 aromatic carbocycles. The van der Waals surface area contributed by atoms with E-state index in [1.807, 2.05) is 51.2 Å². The maximum atomic E-state index is 11.8. The van der Waals surface area contributed by atoms with Gasteiger partial charge < -0.3 is 16.0 Å². The number of hydrogen-bond acceptors (Lipinski definition) is 4. The van der Waals surface area contributed by atoms with E-state index in [-0.39, 0.29) is 24.5 Å². The number of nitrogen functional groups attached to an aromatic ring is 1. The third-order valence-corrected chi connectivity index (χ3v) is 2.79. The number of carbonyl (C=O) groups is 1. The highest BCUT2D eigenvalue weighted by atomic mass is 16.2. The first kappa shape index (κ1) is 15.3. The van der Waals surface area contributed by atoms with Crippen LogP contribution >= 0.6 is 0 Å². The fourth-order valence-corrected chi connectivity index (χ4v) is 1.95. The number of aryl methyl sites for hydroxylation is 1. The van der Waals surface area contributed by atoms with Gasteiger partial charge in [0.05, 0.1) is 17.9 Å². The molecule has 0 radical (unpaired) electrons. The fourth-order valence-electron chi connectivity index (χ4n) is 1.95. The molecule has 0 atom stereocenters. The summed E-state index contributed by atoms with van der Waals surface area (Å²) in [5, 5.41) is 7.28. The molecule has 1 amide bonds. The number of nitrogens with two attached hydrogens (primary N) is 1. The van der Waals surface area contributed by atoms with Crippen LogP contribution in [0.2, 0.25) is 0 Å². The van der Waals surface area contributed by atoms with Crippen LogP contribution in [0.15, 0.2) is 0 Å². The van der Waals surface area contributed by atoms with Crippen molar-refractivity contribution >= 4 is 17.4 Å². The normalized spacial score (nSPS) is 11.2. The van der Waals surface area contributed by atoms with E-state index in [9.17, 15) is 4.79 Å². The summed E-state index contributed by atoms with van der Waals surface area (Å²) in [6.45, 7) is 10.1. The standard InChI is InChI=1S/C13H25N5O/c1-8(2)15-11(19)7-17(6)13-12(14)10(5)16-18(13)9(3)4/h8-9H,7,14H2,1-6H3,(H,15,19). The minimum absolute atomic E-state index is 0.0222. The summed E-state index contributed by atoms with van der Waals surface area (Å²) < 4.78 is 1.85. The van der Waals surface area contributed by atoms with Crippen molar-refractivity contribution in [2.24, 2.45) is 0 Å². The molecule has 1 aromatic rings. The van der Waals surface area contributed by atoms with Gasteiger partial charge in [0.25, 0.3) is 0 Å². The molecule has 0 unspecified atom stereocenters. The Hall–Kier alpha value is -1.72. The van der Waals surface area contributed by atoms with Crippen molar-refractivity contribution in [2.45, 2.75) is 46.7 Å². The van der Waals surface area contributed by atoms with Gasteiger partial charge in [0.2, 0.25) is 5.91 Å². The molecule has 1 aromatic heterocycles. The van der Waals surface area contributed by atoms with E-state index < -0.39 is 0 Å². The van der Waals surface area contributed by atoms with Crippen molar-refractivity contribution in [3.8, 4) is 0 Å². The van der Waals surface area contributed by atoms with E-state index in [0.29, 0.717) is 5.69 Å². The molecule has 1 rings (SSSR count). The summed E-state index contributed by atoms with van der Waals surface area (Å²) in [6, 6.07) is 0.330. The third-order valence-electron chi connectivity index (χ3n) is 2.79. The minimum atomic E-state index is -0.0222. The molecule has 0 saturated heterocycles. The predicted octanol–water partition coefficient (Wildman–Crippen LogP) is 1.32. The Morgan fingerprint density at radius 2 is 2.00 bits per heavy atom. The molecule has 0 saturated carbocycles. The van der Waals surface area contributed by atoms with Crippen molar-refractivity contribution in [2.75, 3.05) is 24.2 Å². The smallest absolute Gasteiger partial charge is 0.239 e. The van der Waals surface area contributed by atoms with Crippen molar-refractivity contribution in [3.05, 3.63) is 5.69 Å². The summed E-state index contributed by atoms with van der Waals surface area (Å²) in [7, 11) is 1.85. The molecule has 0 fully saturated rings. The van der Waals surface area contributed by atoms with E-state index in [0.717, 1.165) is 11.5 Å². The first-order valence-electron chi connectivity index (χ1n) is 6.59. The zero-order chi connectivity index (χ0) is 14.7. The summed E-state index contributed by atoms with van der Waals surface area (Å²) in [5.74, 6) is 0.775. The lowest BCUT2D eigenvalue weighted by Gasteiger charge is -2.22. The second-order valence-corrected chi connectivity index (χ2v) is 5.44. The highest BCUT2D eigenvalue weighted by Crippen LogP contribution is 2.28. The van der Waals surface area contributed by atoms with Gasteiger partial charge in [0.1, 0.15) is 0 Å². The molecule has 19 heavy (non-hydrogen) atoms. The average Bonchev–Trinajstić information content (AvgIpc) is 2.54. The lowest BCUT2D eigenvalue weighted by atomic mass is 10.3. The van der Waals surface area contributed by atoms with Crippen LogP contribution in [0.5, 0.6) is 0 Å². The van der Waals surface area contributed by atoms with E-state index in [4.69, 9.17) is 5.73 Å². The number of aromatic nitrogens is 2.